The standard InChI is InChI=1S/C17H24FN3OS/c1-12(2)10-16(22)20-17(23)19-13-6-7-15(14(18)11-13)21-8-4-3-5-9-21/h6-7,11-12H,3-5,8-10H2,1-2H3,(H2,19,20,22,23). The molecule has 1 aromatic rings. The van der Waals surface area contributed by atoms with E-state index in [0.29, 0.717) is 17.8 Å². The molecule has 0 aliphatic carbocycles. The number of nitrogens with zero attached hydrogens (tertiary/aromatic N) is 1. The van der Waals surface area contributed by atoms with Crippen molar-refractivity contribution in [3.63, 3.8) is 0 Å². The molecule has 1 aliphatic rings. The Morgan fingerprint density at radius 2 is 2.00 bits per heavy atom. The number of halogens is 1. The molecule has 126 valence electrons. The summed E-state index contributed by atoms with van der Waals surface area (Å²) in [4.78, 5) is 13.7. The lowest BCUT2D eigenvalue weighted by Crippen LogP contribution is -2.34. The summed E-state index contributed by atoms with van der Waals surface area (Å²) in [6.07, 6.45) is 3.82. The minimum atomic E-state index is -0.270. The number of anilines is 2. The molecule has 1 fully saturated rings. The molecule has 0 spiro atoms. The summed E-state index contributed by atoms with van der Waals surface area (Å²) >= 11 is 5.09. The van der Waals surface area contributed by atoms with Crippen LogP contribution in [0, 0.1) is 11.7 Å². The minimum Gasteiger partial charge on any atom is -0.369 e. The summed E-state index contributed by atoms with van der Waals surface area (Å²) in [5.41, 5.74) is 1.17. The largest absolute Gasteiger partial charge is 0.369 e. The Bertz CT molecular complexity index is 571. The molecular formula is C17H24FN3OS. The zero-order valence-corrected chi connectivity index (χ0v) is 14.5. The number of rotatable bonds is 4. The van der Waals surface area contributed by atoms with Crippen LogP contribution >= 0.6 is 12.2 Å². The van der Waals surface area contributed by atoms with Crippen LogP contribution in [-0.4, -0.2) is 24.1 Å². The second-order valence-corrected chi connectivity index (χ2v) is 6.72. The maximum absolute atomic E-state index is 14.3. The van der Waals surface area contributed by atoms with Crippen LogP contribution < -0.4 is 15.5 Å². The van der Waals surface area contributed by atoms with Crippen molar-refractivity contribution in [2.75, 3.05) is 23.3 Å². The maximum Gasteiger partial charge on any atom is 0.226 e. The third-order valence-electron chi connectivity index (χ3n) is 3.75. The van der Waals surface area contributed by atoms with Crippen molar-refractivity contribution in [3.05, 3.63) is 24.0 Å². The van der Waals surface area contributed by atoms with E-state index in [2.05, 4.69) is 15.5 Å². The molecule has 0 aromatic heterocycles. The van der Waals surface area contributed by atoms with Gasteiger partial charge in [-0.25, -0.2) is 4.39 Å². The maximum atomic E-state index is 14.3. The Morgan fingerprint density at radius 3 is 2.61 bits per heavy atom. The van der Waals surface area contributed by atoms with Gasteiger partial charge in [0.15, 0.2) is 5.11 Å². The van der Waals surface area contributed by atoms with E-state index in [1.54, 1.807) is 12.1 Å². The van der Waals surface area contributed by atoms with Crippen molar-refractivity contribution in [2.45, 2.75) is 39.5 Å². The number of thiocarbonyl (C=S) groups is 1. The van der Waals surface area contributed by atoms with Gasteiger partial charge < -0.3 is 15.5 Å². The minimum absolute atomic E-state index is 0.136. The van der Waals surface area contributed by atoms with Crippen LogP contribution in [0.4, 0.5) is 15.8 Å². The van der Waals surface area contributed by atoms with Gasteiger partial charge in [-0.15, -0.1) is 0 Å². The average Bonchev–Trinajstić information content (AvgIpc) is 2.47. The first-order valence-corrected chi connectivity index (χ1v) is 8.52. The number of nitrogens with one attached hydrogen (secondary N) is 2. The number of benzene rings is 1. The van der Waals surface area contributed by atoms with E-state index in [9.17, 15) is 9.18 Å². The molecular weight excluding hydrogens is 313 g/mol. The fourth-order valence-electron chi connectivity index (χ4n) is 2.69. The number of carbonyl (C=O) groups is 1. The molecule has 0 atom stereocenters. The molecule has 6 heteroatoms. The van der Waals surface area contributed by atoms with Crippen LogP contribution in [0.5, 0.6) is 0 Å². The van der Waals surface area contributed by atoms with Crippen molar-refractivity contribution in [3.8, 4) is 0 Å². The first-order chi connectivity index (χ1) is 11.0. The van der Waals surface area contributed by atoms with Gasteiger partial charge >= 0.3 is 0 Å². The second-order valence-electron chi connectivity index (χ2n) is 6.31. The highest BCUT2D eigenvalue weighted by Gasteiger charge is 2.15. The predicted molar refractivity (Wildman–Crippen MR) is 96.3 cm³/mol. The summed E-state index contributed by atoms with van der Waals surface area (Å²) in [6, 6.07) is 4.97. The van der Waals surface area contributed by atoms with E-state index in [4.69, 9.17) is 12.2 Å². The SMILES string of the molecule is CC(C)CC(=O)NC(=S)Nc1ccc(N2CCCCC2)c(F)c1. The average molecular weight is 337 g/mol. The molecule has 0 radical (unpaired) electrons. The Balaban J connectivity index is 1.94. The molecule has 4 nitrogen and oxygen atoms in total. The highest BCUT2D eigenvalue weighted by molar-refractivity contribution is 7.80. The summed E-state index contributed by atoms with van der Waals surface area (Å²) in [5, 5.41) is 5.66. The van der Waals surface area contributed by atoms with Gasteiger partial charge in [-0.2, -0.15) is 0 Å². The zero-order chi connectivity index (χ0) is 16.8. The first kappa shape index (κ1) is 17.7. The molecule has 1 heterocycles. The van der Waals surface area contributed by atoms with E-state index in [1.807, 2.05) is 13.8 Å². The molecule has 0 bridgehead atoms. The lowest BCUT2D eigenvalue weighted by atomic mass is 10.1. The fraction of sp³-hybridized carbons (Fsp3) is 0.529. The molecule has 1 amide bonds. The molecule has 1 saturated heterocycles. The number of hydrogen-bond acceptors (Lipinski definition) is 3. The van der Waals surface area contributed by atoms with Crippen LogP contribution in [0.15, 0.2) is 18.2 Å². The Labute approximate surface area is 142 Å². The monoisotopic (exact) mass is 337 g/mol. The third kappa shape index (κ3) is 5.46. The van der Waals surface area contributed by atoms with Crippen LogP contribution in [0.3, 0.4) is 0 Å². The Morgan fingerprint density at radius 1 is 1.30 bits per heavy atom. The van der Waals surface area contributed by atoms with Crippen LogP contribution in [0.2, 0.25) is 0 Å². The topological polar surface area (TPSA) is 44.4 Å². The molecule has 0 saturated carbocycles. The van der Waals surface area contributed by atoms with Crippen LogP contribution in [0.1, 0.15) is 39.5 Å². The summed E-state index contributed by atoms with van der Waals surface area (Å²) in [7, 11) is 0. The highest BCUT2D eigenvalue weighted by Crippen LogP contribution is 2.25. The fourth-order valence-corrected chi connectivity index (χ4v) is 2.92. The van der Waals surface area contributed by atoms with Gasteiger partial charge in [0.1, 0.15) is 5.82 Å². The van der Waals surface area contributed by atoms with Gasteiger partial charge in [-0.1, -0.05) is 13.8 Å². The summed E-state index contributed by atoms with van der Waals surface area (Å²) < 4.78 is 14.3. The van der Waals surface area contributed by atoms with Gasteiger partial charge in [-0.05, 0) is 55.6 Å². The van der Waals surface area contributed by atoms with E-state index >= 15 is 0 Å². The summed E-state index contributed by atoms with van der Waals surface area (Å²) in [5.74, 6) is -0.143. The van der Waals surface area contributed by atoms with E-state index in [-0.39, 0.29) is 22.8 Å². The van der Waals surface area contributed by atoms with Crippen molar-refractivity contribution >= 4 is 34.6 Å². The first-order valence-electron chi connectivity index (χ1n) is 8.11. The Hall–Kier alpha value is -1.69. The quantitative estimate of drug-likeness (QED) is 0.823. The predicted octanol–water partition coefficient (Wildman–Crippen LogP) is 3.68. The smallest absolute Gasteiger partial charge is 0.226 e. The van der Waals surface area contributed by atoms with Crippen molar-refractivity contribution in [1.82, 2.24) is 5.32 Å². The van der Waals surface area contributed by atoms with Gasteiger partial charge in [0.2, 0.25) is 5.91 Å². The lowest BCUT2D eigenvalue weighted by Gasteiger charge is -2.29. The normalized spacial score (nSPS) is 14.7. The lowest BCUT2D eigenvalue weighted by molar-refractivity contribution is -0.120. The van der Waals surface area contributed by atoms with Crippen molar-refractivity contribution in [1.29, 1.82) is 0 Å². The molecule has 1 aliphatic heterocycles. The van der Waals surface area contributed by atoms with Crippen molar-refractivity contribution < 1.29 is 9.18 Å². The number of piperidine rings is 1. The van der Waals surface area contributed by atoms with E-state index in [1.165, 1.54) is 12.5 Å². The Kier molecular flexibility index (Phi) is 6.33. The van der Waals surface area contributed by atoms with Gasteiger partial charge in [0.05, 0.1) is 5.69 Å². The van der Waals surface area contributed by atoms with Crippen LogP contribution in [-0.2, 0) is 4.79 Å². The van der Waals surface area contributed by atoms with Gasteiger partial charge in [0, 0.05) is 25.2 Å². The second kappa shape index (κ2) is 8.24. The summed E-state index contributed by atoms with van der Waals surface area (Å²) in [6.45, 7) is 5.72. The zero-order valence-electron chi connectivity index (χ0n) is 13.7. The molecule has 2 N–H and O–H groups in total. The number of carbonyl (C=O) groups excluding carboxylic acids is 1. The third-order valence-corrected chi connectivity index (χ3v) is 3.95. The number of hydrogen-bond donors (Lipinski definition) is 2. The van der Waals surface area contributed by atoms with Crippen LogP contribution in [0.25, 0.3) is 0 Å². The molecule has 1 aromatic carbocycles. The number of amides is 1. The van der Waals surface area contributed by atoms with Crippen molar-refractivity contribution in [2.24, 2.45) is 5.92 Å². The highest BCUT2D eigenvalue weighted by atomic mass is 32.1. The van der Waals surface area contributed by atoms with Gasteiger partial charge in [0.25, 0.3) is 0 Å². The molecule has 0 unspecified atom stereocenters. The van der Waals surface area contributed by atoms with E-state index in [0.717, 1.165) is 25.9 Å². The van der Waals surface area contributed by atoms with E-state index < -0.39 is 0 Å². The van der Waals surface area contributed by atoms with Gasteiger partial charge in [-0.3, -0.25) is 4.79 Å². The molecule has 23 heavy (non-hydrogen) atoms. The molecule has 2 rings (SSSR count).